The molecule has 1 saturated heterocycles. The van der Waals surface area contributed by atoms with E-state index in [4.69, 9.17) is 14.1 Å². The number of benzene rings is 1. The van der Waals surface area contributed by atoms with Gasteiger partial charge in [-0.05, 0) is 95.3 Å². The lowest BCUT2D eigenvalue weighted by molar-refractivity contribution is -0.129. The van der Waals surface area contributed by atoms with E-state index in [0.717, 1.165) is 22.2 Å². The monoisotopic (exact) mass is 531 g/mol. The maximum absolute atomic E-state index is 12.2. The average molecular weight is 532 g/mol. The molecule has 0 bridgehead atoms. The second-order valence-corrected chi connectivity index (χ2v) is 12.5. The first-order valence-corrected chi connectivity index (χ1v) is 14.0. The van der Waals surface area contributed by atoms with Crippen LogP contribution in [0.15, 0.2) is 83.0 Å². The minimum Gasteiger partial charge on any atom is -0.399 e. The van der Waals surface area contributed by atoms with Gasteiger partial charge in [-0.3, -0.25) is 9.63 Å². The van der Waals surface area contributed by atoms with E-state index in [9.17, 15) is 4.79 Å². The van der Waals surface area contributed by atoms with Crippen LogP contribution in [0.1, 0.15) is 87.1 Å². The molecule has 0 radical (unpaired) electrons. The molecule has 0 unspecified atom stereocenters. The van der Waals surface area contributed by atoms with Crippen LogP contribution in [0.4, 0.5) is 0 Å². The first-order valence-electron chi connectivity index (χ1n) is 14.0. The van der Waals surface area contributed by atoms with Crippen molar-refractivity contribution in [1.29, 1.82) is 0 Å². The van der Waals surface area contributed by atoms with Crippen LogP contribution in [0.5, 0.6) is 0 Å². The molecule has 0 spiro atoms. The van der Waals surface area contributed by atoms with Crippen LogP contribution in [-0.2, 0) is 25.5 Å². The third kappa shape index (κ3) is 8.41. The van der Waals surface area contributed by atoms with Crippen molar-refractivity contribution in [2.75, 3.05) is 0 Å². The van der Waals surface area contributed by atoms with Gasteiger partial charge >= 0.3 is 7.12 Å². The molecule has 1 N–H and O–H groups in total. The summed E-state index contributed by atoms with van der Waals surface area (Å²) >= 11 is 0. The molecule has 5 nitrogen and oxygen atoms in total. The van der Waals surface area contributed by atoms with Gasteiger partial charge in [0.15, 0.2) is 0 Å². The highest BCUT2D eigenvalue weighted by atomic mass is 16.7. The van der Waals surface area contributed by atoms with E-state index in [0.29, 0.717) is 0 Å². The van der Waals surface area contributed by atoms with Crippen LogP contribution < -0.4 is 10.9 Å². The Kier molecular flexibility index (Phi) is 10.0. The molecular weight excluding hydrogens is 485 g/mol. The van der Waals surface area contributed by atoms with Crippen LogP contribution in [-0.4, -0.2) is 24.2 Å². The van der Waals surface area contributed by atoms with Crippen LogP contribution in [0.3, 0.4) is 0 Å². The SMILES string of the molecule is CC1=C(/C=C/C(C)=C/C=C/C(C)=C/C(=O)NOCc2ccc(B3OC(C)(C)C(C)(C)O3)cc2)C(C)(C)CCC1. The van der Waals surface area contributed by atoms with Gasteiger partial charge in [0.05, 0.1) is 17.8 Å². The highest BCUT2D eigenvalue weighted by Crippen LogP contribution is 2.41. The van der Waals surface area contributed by atoms with E-state index in [-0.39, 0.29) is 29.1 Å². The smallest absolute Gasteiger partial charge is 0.399 e. The quantitative estimate of drug-likeness (QED) is 0.160. The molecule has 1 aromatic carbocycles. The van der Waals surface area contributed by atoms with Crippen molar-refractivity contribution in [2.45, 2.75) is 99.4 Å². The Morgan fingerprint density at radius 2 is 1.64 bits per heavy atom. The van der Waals surface area contributed by atoms with E-state index in [2.05, 4.69) is 51.4 Å². The van der Waals surface area contributed by atoms with E-state index < -0.39 is 7.12 Å². The summed E-state index contributed by atoms with van der Waals surface area (Å²) < 4.78 is 12.2. The summed E-state index contributed by atoms with van der Waals surface area (Å²) in [6.07, 6.45) is 15.6. The number of rotatable bonds is 9. The molecular formula is C33H46BNO4. The minimum atomic E-state index is -0.397. The Morgan fingerprint density at radius 1 is 1.00 bits per heavy atom. The van der Waals surface area contributed by atoms with Crippen molar-refractivity contribution in [1.82, 2.24) is 5.48 Å². The van der Waals surface area contributed by atoms with E-state index in [1.54, 1.807) is 0 Å². The van der Waals surface area contributed by atoms with Gasteiger partial charge in [0.25, 0.3) is 5.91 Å². The second kappa shape index (κ2) is 12.7. The zero-order valence-corrected chi connectivity index (χ0v) is 25.3. The number of hydrogen-bond acceptors (Lipinski definition) is 4. The van der Waals surface area contributed by atoms with E-state index in [1.165, 1.54) is 36.5 Å². The number of hydroxylamine groups is 1. The maximum Gasteiger partial charge on any atom is 0.494 e. The lowest BCUT2D eigenvalue weighted by Crippen LogP contribution is -2.41. The van der Waals surface area contributed by atoms with Crippen molar-refractivity contribution in [3.8, 4) is 0 Å². The van der Waals surface area contributed by atoms with Crippen molar-refractivity contribution in [3.63, 3.8) is 0 Å². The summed E-state index contributed by atoms with van der Waals surface area (Å²) in [6.45, 7) is 19.3. The molecule has 0 saturated carbocycles. The van der Waals surface area contributed by atoms with Gasteiger partial charge in [-0.2, -0.15) is 0 Å². The van der Waals surface area contributed by atoms with Crippen molar-refractivity contribution < 1.29 is 18.9 Å². The average Bonchev–Trinajstić information content (AvgIpc) is 3.05. The van der Waals surface area contributed by atoms with Gasteiger partial charge in [-0.15, -0.1) is 0 Å². The van der Waals surface area contributed by atoms with Crippen LogP contribution >= 0.6 is 0 Å². The Hall–Kier alpha value is -2.67. The minimum absolute atomic E-state index is 0.238. The Morgan fingerprint density at radius 3 is 2.26 bits per heavy atom. The van der Waals surface area contributed by atoms with Crippen molar-refractivity contribution in [2.24, 2.45) is 5.41 Å². The molecule has 3 rings (SSSR count). The van der Waals surface area contributed by atoms with Gasteiger partial charge in [-0.25, -0.2) is 5.48 Å². The largest absolute Gasteiger partial charge is 0.494 e. The highest BCUT2D eigenvalue weighted by Gasteiger charge is 2.51. The molecule has 1 fully saturated rings. The fourth-order valence-corrected chi connectivity index (χ4v) is 4.86. The predicted molar refractivity (Wildman–Crippen MR) is 161 cm³/mol. The summed E-state index contributed by atoms with van der Waals surface area (Å²) in [5, 5.41) is 0. The number of carbonyl (C=O) groups excluding carboxylic acids is 1. The number of hydrogen-bond donors (Lipinski definition) is 1. The molecule has 6 heteroatoms. The standard InChI is InChI=1S/C33H46BNO4/c1-24(15-20-29-26(3)14-11-21-31(29,4)5)12-10-13-25(2)22-30(36)35-37-23-27-16-18-28(19-17-27)34-38-32(6,7)33(8,9)39-34/h10,12-13,15-20,22H,11,14,21,23H2,1-9H3,(H,35,36)/b13-10+,20-15+,24-12+,25-22+. The summed E-state index contributed by atoms with van der Waals surface area (Å²) in [5.41, 5.74) is 8.83. The van der Waals surface area contributed by atoms with Gasteiger partial charge in [0.1, 0.15) is 0 Å². The van der Waals surface area contributed by atoms with Crippen molar-refractivity contribution in [3.05, 3.63) is 88.6 Å². The third-order valence-electron chi connectivity index (χ3n) is 8.05. The van der Waals surface area contributed by atoms with Crippen LogP contribution in [0, 0.1) is 5.41 Å². The van der Waals surface area contributed by atoms with Gasteiger partial charge in [-0.1, -0.05) is 79.6 Å². The maximum atomic E-state index is 12.2. The molecule has 1 aliphatic heterocycles. The molecule has 1 aromatic rings. The fourth-order valence-electron chi connectivity index (χ4n) is 4.86. The normalized spacial score (nSPS) is 21.3. The van der Waals surface area contributed by atoms with E-state index >= 15 is 0 Å². The Bertz CT molecular complexity index is 1170. The lowest BCUT2D eigenvalue weighted by Gasteiger charge is -2.32. The van der Waals surface area contributed by atoms with Crippen LogP contribution in [0.25, 0.3) is 0 Å². The zero-order valence-electron chi connectivity index (χ0n) is 25.3. The predicted octanol–water partition coefficient (Wildman–Crippen LogP) is 7.07. The fraction of sp³-hybridized carbons (Fsp3) is 0.485. The zero-order chi connectivity index (χ0) is 28.8. The molecule has 39 heavy (non-hydrogen) atoms. The van der Waals surface area contributed by atoms with Crippen molar-refractivity contribution >= 4 is 18.5 Å². The second-order valence-electron chi connectivity index (χ2n) is 12.5. The Labute approximate surface area is 236 Å². The summed E-state index contributed by atoms with van der Waals surface area (Å²) in [7, 11) is -0.397. The number of carbonyl (C=O) groups is 1. The summed E-state index contributed by atoms with van der Waals surface area (Å²) in [4.78, 5) is 17.7. The number of nitrogens with one attached hydrogen (secondary N) is 1. The first-order chi connectivity index (χ1) is 18.2. The number of allylic oxidation sites excluding steroid dienone is 9. The molecule has 0 aromatic heterocycles. The molecule has 0 atom stereocenters. The number of amides is 1. The summed E-state index contributed by atoms with van der Waals surface area (Å²) in [6, 6.07) is 7.84. The molecule has 1 amide bonds. The third-order valence-corrected chi connectivity index (χ3v) is 8.05. The first kappa shape index (κ1) is 30.9. The van der Waals surface area contributed by atoms with Crippen LogP contribution in [0.2, 0.25) is 0 Å². The molecule has 210 valence electrons. The molecule has 1 heterocycles. The Balaban J connectivity index is 1.45. The summed E-state index contributed by atoms with van der Waals surface area (Å²) in [5.74, 6) is -0.298. The lowest BCUT2D eigenvalue weighted by atomic mass is 9.72. The molecule has 1 aliphatic carbocycles. The van der Waals surface area contributed by atoms with Gasteiger partial charge in [0, 0.05) is 6.08 Å². The van der Waals surface area contributed by atoms with E-state index in [1.807, 2.05) is 71.0 Å². The van der Waals surface area contributed by atoms with Gasteiger partial charge in [0.2, 0.25) is 0 Å². The van der Waals surface area contributed by atoms with Gasteiger partial charge < -0.3 is 9.31 Å². The molecule has 2 aliphatic rings. The topological polar surface area (TPSA) is 56.8 Å². The highest BCUT2D eigenvalue weighted by molar-refractivity contribution is 6.62.